The number of esters is 8. The molecular weight excluding hydrogens is 700 g/mol. The van der Waals surface area contributed by atoms with Gasteiger partial charge in [-0.15, -0.1) is 0 Å². The molecule has 0 aromatic heterocycles. The summed E-state index contributed by atoms with van der Waals surface area (Å²) in [5, 5.41) is 0. The molecule has 1 aromatic rings. The lowest BCUT2D eigenvalue weighted by molar-refractivity contribution is -0.389. The van der Waals surface area contributed by atoms with E-state index in [1.165, 1.54) is 31.2 Å². The maximum absolute atomic E-state index is 14.1. The van der Waals surface area contributed by atoms with Crippen molar-refractivity contribution in [2.45, 2.75) is 108 Å². The van der Waals surface area contributed by atoms with E-state index >= 15 is 0 Å². The molecule has 4 heterocycles. The molecule has 0 saturated carbocycles. The lowest BCUT2D eigenvalue weighted by Gasteiger charge is -2.47. The highest BCUT2D eigenvalue weighted by Gasteiger charge is 2.83. The van der Waals surface area contributed by atoms with E-state index in [0.29, 0.717) is 5.56 Å². The smallest absolute Gasteiger partial charge is 0.357 e. The van der Waals surface area contributed by atoms with Crippen molar-refractivity contribution < 1.29 is 90.5 Å². The summed E-state index contributed by atoms with van der Waals surface area (Å²) < 4.78 is 62.4. The fourth-order valence-electron chi connectivity index (χ4n) is 6.78. The fraction of sp³-hybridized carbons (Fsp3) is 0.576. The van der Waals surface area contributed by atoms with E-state index in [9.17, 15) is 38.4 Å². The van der Waals surface area contributed by atoms with Crippen molar-refractivity contribution >= 4 is 47.8 Å². The molecule has 4 fully saturated rings. The van der Waals surface area contributed by atoms with Gasteiger partial charge in [-0.05, 0) is 17.7 Å². The predicted octanol–water partition coefficient (Wildman–Crippen LogP) is 0.0645. The summed E-state index contributed by atoms with van der Waals surface area (Å²) in [5.74, 6) is -10.6. The van der Waals surface area contributed by atoms with Crippen molar-refractivity contribution in [2.75, 3.05) is 13.2 Å². The third kappa shape index (κ3) is 7.28. The second-order valence-corrected chi connectivity index (χ2v) is 12.3. The molecule has 5 rings (SSSR count). The van der Waals surface area contributed by atoms with Crippen LogP contribution < -0.4 is 4.74 Å². The molecule has 1 aromatic carbocycles. The number of carbonyl (C=O) groups excluding carboxylic acids is 8. The minimum absolute atomic E-state index is 0.151. The summed E-state index contributed by atoms with van der Waals surface area (Å²) in [7, 11) is 0. The maximum atomic E-state index is 14.1. The second-order valence-electron chi connectivity index (χ2n) is 12.3. The zero-order chi connectivity index (χ0) is 38.1. The molecular formula is C33H36O19. The van der Waals surface area contributed by atoms with Gasteiger partial charge in [0.2, 0.25) is 6.29 Å². The molecule has 52 heavy (non-hydrogen) atoms. The van der Waals surface area contributed by atoms with E-state index < -0.39 is 128 Å². The summed E-state index contributed by atoms with van der Waals surface area (Å²) in [6, 6.07) is 5.76. The van der Waals surface area contributed by atoms with Gasteiger partial charge in [-0.2, -0.15) is 0 Å². The molecule has 0 aliphatic carbocycles. The lowest BCUT2D eigenvalue weighted by atomic mass is 9.75. The van der Waals surface area contributed by atoms with Gasteiger partial charge in [0.15, 0.2) is 30.5 Å². The van der Waals surface area contributed by atoms with Crippen molar-refractivity contribution in [3.63, 3.8) is 0 Å². The Morgan fingerprint density at radius 2 is 1.35 bits per heavy atom. The first-order valence-corrected chi connectivity index (χ1v) is 16.0. The minimum Gasteiger partial charge on any atom is -0.463 e. The van der Waals surface area contributed by atoms with Gasteiger partial charge in [-0.3, -0.25) is 33.6 Å². The zero-order valence-electron chi connectivity index (χ0n) is 28.8. The summed E-state index contributed by atoms with van der Waals surface area (Å²) in [6.45, 7) is 5.37. The first kappa shape index (κ1) is 38.1. The maximum Gasteiger partial charge on any atom is 0.357 e. The van der Waals surface area contributed by atoms with Crippen LogP contribution >= 0.6 is 0 Å². The Balaban J connectivity index is 1.66. The molecule has 0 N–H and O–H groups in total. The van der Waals surface area contributed by atoms with Crippen LogP contribution in [-0.4, -0.2) is 115 Å². The van der Waals surface area contributed by atoms with Crippen LogP contribution in [0, 0.1) is 0 Å². The van der Waals surface area contributed by atoms with Gasteiger partial charge >= 0.3 is 47.8 Å². The number of rotatable bonds is 10. The summed E-state index contributed by atoms with van der Waals surface area (Å²) in [4.78, 5) is 100.0. The van der Waals surface area contributed by atoms with Crippen LogP contribution in [0.1, 0.15) is 59.4 Å². The number of hydrogen-bond acceptors (Lipinski definition) is 19. The average Bonchev–Trinajstić information content (AvgIpc) is 3.64. The van der Waals surface area contributed by atoms with Crippen LogP contribution in [0.2, 0.25) is 0 Å². The molecule has 19 heteroatoms. The van der Waals surface area contributed by atoms with Gasteiger partial charge in [0, 0.05) is 41.5 Å². The van der Waals surface area contributed by atoms with E-state index in [0.717, 1.165) is 34.6 Å². The van der Waals surface area contributed by atoms with Crippen molar-refractivity contribution in [1.29, 1.82) is 0 Å². The van der Waals surface area contributed by atoms with E-state index in [1.807, 2.05) is 0 Å². The lowest BCUT2D eigenvalue weighted by Crippen LogP contribution is -2.68. The average molecular weight is 737 g/mol. The van der Waals surface area contributed by atoms with Gasteiger partial charge in [0.1, 0.15) is 18.5 Å². The highest BCUT2D eigenvalue weighted by molar-refractivity contribution is 5.93. The standard InChI is InChI=1S/C33H36O19/c1-14(34)42-12-23-26(46-17(4)37)27(47-18(5)38)28(48-19(6)39)30(49-23)52-33-29(24(13-43-33)45-16(3)36)50-31(41)32(33)22(11-25(40)51-32)20-7-9-21(10-8-20)44-15(2)35/h7-10,22-24,26-30H,11-13H2,1-6H3/t22-,23-,24+,26-,27+,28-,29-,30+,32-,33-/m1/s1. The van der Waals surface area contributed by atoms with Crippen molar-refractivity contribution in [2.24, 2.45) is 0 Å². The second kappa shape index (κ2) is 14.8. The summed E-state index contributed by atoms with van der Waals surface area (Å²) in [6.07, 6.45) is -11.9. The van der Waals surface area contributed by atoms with Crippen molar-refractivity contribution in [3.8, 4) is 5.75 Å². The molecule has 19 nitrogen and oxygen atoms in total. The van der Waals surface area contributed by atoms with Gasteiger partial charge in [-0.25, -0.2) is 4.79 Å². The fourth-order valence-corrected chi connectivity index (χ4v) is 6.78. The third-order valence-corrected chi connectivity index (χ3v) is 8.47. The highest BCUT2D eigenvalue weighted by atomic mass is 16.8. The van der Waals surface area contributed by atoms with Gasteiger partial charge in [-0.1, -0.05) is 12.1 Å². The molecule has 282 valence electrons. The topological polar surface area (TPSA) is 238 Å². The van der Waals surface area contributed by atoms with Gasteiger partial charge in [0.05, 0.1) is 18.9 Å². The van der Waals surface area contributed by atoms with Crippen LogP contribution in [-0.2, 0) is 85.7 Å². The Morgan fingerprint density at radius 1 is 0.750 bits per heavy atom. The van der Waals surface area contributed by atoms with Crippen LogP contribution in [0.15, 0.2) is 24.3 Å². The monoisotopic (exact) mass is 736 g/mol. The van der Waals surface area contributed by atoms with E-state index in [4.69, 9.17) is 52.1 Å². The van der Waals surface area contributed by atoms with Crippen LogP contribution in [0.5, 0.6) is 5.75 Å². The third-order valence-electron chi connectivity index (χ3n) is 8.47. The Morgan fingerprint density at radius 3 is 1.92 bits per heavy atom. The normalized spacial score (nSPS) is 33.3. The Bertz CT molecular complexity index is 1640. The molecule has 4 aliphatic heterocycles. The SMILES string of the molecule is CC(=O)OC[C@H]1O[C@@H](O[C@]23OC[C@H](OC(C)=O)[C@H]2OC(=O)[C@@]32OC(=O)C[C@@H]2c2ccc(OC(C)=O)cc2)[C@H](OC(C)=O)[C@@H](OC(C)=O)[C@@H]1OC(C)=O. The zero-order valence-corrected chi connectivity index (χ0v) is 28.8. The first-order valence-electron chi connectivity index (χ1n) is 16.0. The van der Waals surface area contributed by atoms with Crippen molar-refractivity contribution in [1.82, 2.24) is 0 Å². The quantitative estimate of drug-likeness (QED) is 0.175. The molecule has 0 bridgehead atoms. The molecule has 0 radical (unpaired) electrons. The number of carbonyl (C=O) groups is 8. The van der Waals surface area contributed by atoms with Crippen LogP contribution in [0.4, 0.5) is 0 Å². The van der Waals surface area contributed by atoms with Crippen LogP contribution in [0.3, 0.4) is 0 Å². The largest absolute Gasteiger partial charge is 0.463 e. The van der Waals surface area contributed by atoms with Gasteiger partial charge < -0.3 is 52.1 Å². The minimum atomic E-state index is -2.54. The predicted molar refractivity (Wildman–Crippen MR) is 161 cm³/mol. The number of fused-ring (bicyclic) bond motifs is 2. The van der Waals surface area contributed by atoms with E-state index in [1.54, 1.807) is 0 Å². The molecule has 4 saturated heterocycles. The van der Waals surface area contributed by atoms with E-state index in [2.05, 4.69) is 0 Å². The van der Waals surface area contributed by atoms with Crippen molar-refractivity contribution in [3.05, 3.63) is 29.8 Å². The first-order chi connectivity index (χ1) is 24.5. The molecule has 0 unspecified atom stereocenters. The van der Waals surface area contributed by atoms with Crippen LogP contribution in [0.25, 0.3) is 0 Å². The Hall–Kier alpha value is -5.14. The Kier molecular flexibility index (Phi) is 10.9. The molecule has 10 atom stereocenters. The summed E-state index contributed by atoms with van der Waals surface area (Å²) >= 11 is 0. The number of ether oxygens (including phenoxy) is 11. The number of benzene rings is 1. The summed E-state index contributed by atoms with van der Waals surface area (Å²) in [5.41, 5.74) is -2.20. The highest BCUT2D eigenvalue weighted by Crippen LogP contribution is 2.59. The molecule has 0 amide bonds. The molecule has 1 spiro atoms. The molecule has 4 aliphatic rings. The van der Waals surface area contributed by atoms with E-state index in [-0.39, 0.29) is 5.75 Å². The van der Waals surface area contributed by atoms with Gasteiger partial charge in [0.25, 0.3) is 11.4 Å². The Labute approximate surface area is 295 Å². The number of hydrogen-bond donors (Lipinski definition) is 0.